The van der Waals surface area contributed by atoms with Crippen molar-refractivity contribution in [3.63, 3.8) is 0 Å². The SMILES string of the molecule is BC(CCC(=O)C=N)(NC(=O)[C@H](C)OC)C(=O)SC(C)C. The Morgan fingerprint density at radius 2 is 1.95 bits per heavy atom. The van der Waals surface area contributed by atoms with Crippen LogP contribution in [0.25, 0.3) is 0 Å². The normalized spacial score (nSPS) is 15.1. The second-order valence-corrected chi connectivity index (χ2v) is 6.81. The van der Waals surface area contributed by atoms with Crippen LogP contribution in [0.1, 0.15) is 33.6 Å². The van der Waals surface area contributed by atoms with E-state index in [1.165, 1.54) is 7.11 Å². The minimum absolute atomic E-state index is 0.0338. The van der Waals surface area contributed by atoms with Crippen molar-refractivity contribution >= 4 is 42.6 Å². The zero-order valence-electron chi connectivity index (χ0n) is 13.2. The van der Waals surface area contributed by atoms with Gasteiger partial charge in [0, 0.05) is 18.8 Å². The van der Waals surface area contributed by atoms with Crippen molar-refractivity contribution in [2.45, 2.75) is 50.4 Å². The number of rotatable bonds is 9. The maximum Gasteiger partial charge on any atom is 0.249 e. The molecule has 0 heterocycles. The second-order valence-electron chi connectivity index (χ2n) is 5.26. The van der Waals surface area contributed by atoms with E-state index in [1.54, 1.807) is 14.8 Å². The number of hydrogen-bond donors (Lipinski definition) is 2. The van der Waals surface area contributed by atoms with Crippen LogP contribution in [0.4, 0.5) is 0 Å². The third kappa shape index (κ3) is 6.90. The van der Waals surface area contributed by atoms with E-state index < -0.39 is 17.4 Å². The lowest BCUT2D eigenvalue weighted by Gasteiger charge is -2.30. The van der Waals surface area contributed by atoms with E-state index in [1.807, 2.05) is 13.8 Å². The smallest absolute Gasteiger partial charge is 0.249 e. The molecule has 0 fully saturated rings. The fourth-order valence-corrected chi connectivity index (χ4v) is 2.33. The van der Waals surface area contributed by atoms with Gasteiger partial charge in [0.05, 0.1) is 11.7 Å². The molecule has 1 unspecified atom stereocenters. The molecule has 21 heavy (non-hydrogen) atoms. The first-order valence-corrected chi connectivity index (χ1v) is 7.63. The van der Waals surface area contributed by atoms with Crippen molar-refractivity contribution in [1.29, 1.82) is 5.41 Å². The minimum atomic E-state index is -1.16. The number of methoxy groups -OCH3 is 1. The van der Waals surface area contributed by atoms with Gasteiger partial charge in [-0.1, -0.05) is 25.6 Å². The summed E-state index contributed by atoms with van der Waals surface area (Å²) in [6.45, 7) is 5.34. The summed E-state index contributed by atoms with van der Waals surface area (Å²) in [4.78, 5) is 35.6. The van der Waals surface area contributed by atoms with Gasteiger partial charge in [0.25, 0.3) is 0 Å². The van der Waals surface area contributed by atoms with Crippen LogP contribution in [-0.2, 0) is 19.1 Å². The van der Waals surface area contributed by atoms with Crippen LogP contribution < -0.4 is 5.32 Å². The van der Waals surface area contributed by atoms with E-state index in [0.717, 1.165) is 18.0 Å². The summed E-state index contributed by atoms with van der Waals surface area (Å²) in [6.07, 6.45) is 0.230. The first-order valence-electron chi connectivity index (χ1n) is 6.75. The van der Waals surface area contributed by atoms with Gasteiger partial charge in [-0.05, 0) is 13.3 Å². The van der Waals surface area contributed by atoms with Crippen LogP contribution in [-0.4, -0.2) is 54.8 Å². The zero-order chi connectivity index (χ0) is 16.6. The maximum atomic E-state index is 12.4. The van der Waals surface area contributed by atoms with Crippen LogP contribution in [0.15, 0.2) is 0 Å². The Bertz CT molecular complexity index is 417. The summed E-state index contributed by atoms with van der Waals surface area (Å²) in [5.74, 6) is -0.780. The molecule has 6 nitrogen and oxygen atoms in total. The molecule has 1 amide bonds. The molecular formula is C13H23BN2O4S. The van der Waals surface area contributed by atoms with Gasteiger partial charge in [0.1, 0.15) is 14.0 Å². The van der Waals surface area contributed by atoms with Crippen molar-refractivity contribution in [3.05, 3.63) is 0 Å². The third-order valence-electron chi connectivity index (χ3n) is 2.95. The van der Waals surface area contributed by atoms with Gasteiger partial charge in [-0.25, -0.2) is 0 Å². The first-order chi connectivity index (χ1) is 9.66. The molecule has 0 aromatic heterocycles. The predicted octanol–water partition coefficient (Wildman–Crippen LogP) is 0.134. The number of Topliss-reactive ketones (excluding diaryl/α,β-unsaturated/α-hetero) is 1. The molecule has 2 atom stereocenters. The topological polar surface area (TPSA) is 96.3 Å². The molecule has 2 N–H and O–H groups in total. The standard InChI is InChI=1S/C13H23BN2O4S/c1-8(2)21-12(19)13(14,6-5-10(17)7-15)16-11(18)9(3)20-4/h7-9,15H,5-6,14H2,1-4H3,(H,16,18)/t9-,13?/m0/s1. The van der Waals surface area contributed by atoms with E-state index in [-0.39, 0.29) is 29.0 Å². The summed E-state index contributed by atoms with van der Waals surface area (Å²) in [5.41, 5.74) is -1.16. The highest BCUT2D eigenvalue weighted by Gasteiger charge is 2.36. The Morgan fingerprint density at radius 3 is 2.38 bits per heavy atom. The van der Waals surface area contributed by atoms with Gasteiger partial charge in [0.2, 0.25) is 11.0 Å². The lowest BCUT2D eigenvalue weighted by molar-refractivity contribution is -0.133. The van der Waals surface area contributed by atoms with Gasteiger partial charge < -0.3 is 15.5 Å². The average Bonchev–Trinajstić information content (AvgIpc) is 2.42. The van der Waals surface area contributed by atoms with Crippen molar-refractivity contribution in [2.24, 2.45) is 0 Å². The minimum Gasteiger partial charge on any atom is -0.372 e. The molecule has 0 aromatic carbocycles. The van der Waals surface area contributed by atoms with Crippen molar-refractivity contribution in [1.82, 2.24) is 5.32 Å². The van der Waals surface area contributed by atoms with Crippen molar-refractivity contribution in [3.8, 4) is 0 Å². The number of thioether (sulfide) groups is 1. The zero-order valence-corrected chi connectivity index (χ0v) is 14.0. The summed E-state index contributed by atoms with van der Waals surface area (Å²) < 4.78 is 4.93. The van der Waals surface area contributed by atoms with Crippen LogP contribution >= 0.6 is 11.8 Å². The van der Waals surface area contributed by atoms with Crippen LogP contribution in [0.2, 0.25) is 0 Å². The van der Waals surface area contributed by atoms with Crippen molar-refractivity contribution < 1.29 is 19.1 Å². The number of ketones is 1. The molecule has 0 spiro atoms. The van der Waals surface area contributed by atoms with Gasteiger partial charge in [-0.3, -0.25) is 14.4 Å². The summed E-state index contributed by atoms with van der Waals surface area (Å²) in [7, 11) is 3.01. The largest absolute Gasteiger partial charge is 0.372 e. The summed E-state index contributed by atoms with van der Waals surface area (Å²) >= 11 is 1.12. The summed E-state index contributed by atoms with van der Waals surface area (Å²) in [6, 6.07) is 0. The molecule has 0 saturated carbocycles. The third-order valence-corrected chi connectivity index (χ3v) is 4.08. The second kappa shape index (κ2) is 8.99. The number of carbonyl (C=O) groups is 3. The molecule has 0 aliphatic carbocycles. The number of amides is 1. The molecule has 8 heteroatoms. The quantitative estimate of drug-likeness (QED) is 0.466. The van der Waals surface area contributed by atoms with E-state index in [9.17, 15) is 14.4 Å². The Hall–Kier alpha value is -1.15. The van der Waals surface area contributed by atoms with Crippen LogP contribution in [0.5, 0.6) is 0 Å². The van der Waals surface area contributed by atoms with E-state index in [0.29, 0.717) is 0 Å². The number of carbonyl (C=O) groups excluding carboxylic acids is 3. The Labute approximate surface area is 130 Å². The Balaban J connectivity index is 5.05. The number of ether oxygens (including phenoxy) is 1. The molecular weight excluding hydrogens is 291 g/mol. The average molecular weight is 314 g/mol. The molecule has 0 bridgehead atoms. The van der Waals surface area contributed by atoms with Crippen molar-refractivity contribution in [2.75, 3.05) is 7.11 Å². The first kappa shape index (κ1) is 19.9. The fourth-order valence-electron chi connectivity index (χ4n) is 1.49. The highest BCUT2D eigenvalue weighted by atomic mass is 32.2. The highest BCUT2D eigenvalue weighted by Crippen LogP contribution is 2.22. The monoisotopic (exact) mass is 314 g/mol. The molecule has 0 saturated heterocycles. The lowest BCUT2D eigenvalue weighted by Crippen LogP contribution is -2.57. The maximum absolute atomic E-state index is 12.4. The van der Waals surface area contributed by atoms with Crippen LogP contribution in [0, 0.1) is 5.41 Å². The summed E-state index contributed by atoms with van der Waals surface area (Å²) in [5, 5.41) is 9.45. The van der Waals surface area contributed by atoms with Gasteiger partial charge in [0.15, 0.2) is 5.78 Å². The lowest BCUT2D eigenvalue weighted by atomic mass is 9.74. The highest BCUT2D eigenvalue weighted by molar-refractivity contribution is 8.14. The van der Waals surface area contributed by atoms with Gasteiger partial charge >= 0.3 is 0 Å². The van der Waals surface area contributed by atoms with E-state index in [4.69, 9.17) is 10.1 Å². The van der Waals surface area contributed by atoms with Gasteiger partial charge in [-0.2, -0.15) is 0 Å². The molecule has 0 aliphatic heterocycles. The van der Waals surface area contributed by atoms with Gasteiger partial charge in [-0.15, -0.1) is 0 Å². The van der Waals surface area contributed by atoms with E-state index >= 15 is 0 Å². The predicted molar refractivity (Wildman–Crippen MR) is 86.6 cm³/mol. The number of nitrogens with one attached hydrogen (secondary N) is 2. The Kier molecular flexibility index (Phi) is 8.50. The van der Waals surface area contributed by atoms with E-state index in [2.05, 4.69) is 5.32 Å². The molecule has 0 aliphatic rings. The fraction of sp³-hybridized carbons (Fsp3) is 0.692. The molecule has 0 aromatic rings. The number of hydrogen-bond acceptors (Lipinski definition) is 6. The molecule has 0 rings (SSSR count). The molecule has 118 valence electrons. The Morgan fingerprint density at radius 1 is 1.38 bits per heavy atom. The van der Waals surface area contributed by atoms with Crippen LogP contribution in [0.3, 0.4) is 0 Å². The molecule has 0 radical (unpaired) electrons.